The van der Waals surface area contributed by atoms with E-state index in [9.17, 15) is 9.59 Å². The zero-order valence-electron chi connectivity index (χ0n) is 14.1. The van der Waals surface area contributed by atoms with Crippen LogP contribution in [0.4, 0.5) is 5.82 Å². The van der Waals surface area contributed by atoms with E-state index in [0.29, 0.717) is 15.0 Å². The normalized spacial score (nSPS) is 15.6. The summed E-state index contributed by atoms with van der Waals surface area (Å²) in [5.41, 5.74) is 2.11. The molecule has 1 aliphatic rings. The summed E-state index contributed by atoms with van der Waals surface area (Å²) in [5.74, 6) is 0.119. The number of amides is 2. The van der Waals surface area contributed by atoms with E-state index < -0.39 is 0 Å². The zero-order chi connectivity index (χ0) is 18.5. The standard InChI is InChI=1S/C19H17N3O2S2/c1-13-5-7-14(8-6-13)12-15-18(24)22(19(25)26-15)11-9-17(23)21-16-4-2-3-10-20-16/h2-8,10,12H,9,11H2,1H3,(H,20,21,23)/b15-12-. The van der Waals surface area contributed by atoms with Crippen molar-refractivity contribution in [2.75, 3.05) is 11.9 Å². The summed E-state index contributed by atoms with van der Waals surface area (Å²) in [6.45, 7) is 2.26. The molecule has 0 radical (unpaired) electrons. The minimum absolute atomic E-state index is 0.154. The molecule has 1 N–H and O–H groups in total. The number of rotatable bonds is 5. The Balaban J connectivity index is 1.60. The molecule has 132 valence electrons. The number of thioether (sulfide) groups is 1. The van der Waals surface area contributed by atoms with Crippen molar-refractivity contribution in [3.63, 3.8) is 0 Å². The van der Waals surface area contributed by atoms with E-state index in [-0.39, 0.29) is 24.8 Å². The molecule has 1 fully saturated rings. The van der Waals surface area contributed by atoms with Crippen LogP contribution in [0.15, 0.2) is 53.6 Å². The van der Waals surface area contributed by atoms with Crippen LogP contribution in [0, 0.1) is 6.92 Å². The number of pyridine rings is 1. The maximum Gasteiger partial charge on any atom is 0.266 e. The first-order chi connectivity index (χ1) is 12.5. The molecule has 2 amide bonds. The molecule has 0 atom stereocenters. The predicted molar refractivity (Wildman–Crippen MR) is 109 cm³/mol. The SMILES string of the molecule is Cc1ccc(/C=C2\SC(=S)N(CCC(=O)Nc3ccccn3)C2=O)cc1. The molecule has 2 heterocycles. The first-order valence-electron chi connectivity index (χ1n) is 8.06. The van der Waals surface area contributed by atoms with Gasteiger partial charge in [0.1, 0.15) is 10.1 Å². The largest absolute Gasteiger partial charge is 0.311 e. The number of anilines is 1. The summed E-state index contributed by atoms with van der Waals surface area (Å²) in [7, 11) is 0. The number of nitrogens with zero attached hydrogens (tertiary/aromatic N) is 2. The van der Waals surface area contributed by atoms with Crippen molar-refractivity contribution in [2.45, 2.75) is 13.3 Å². The average molecular weight is 383 g/mol. The molecule has 0 saturated carbocycles. The van der Waals surface area contributed by atoms with Gasteiger partial charge in [0.2, 0.25) is 5.91 Å². The van der Waals surface area contributed by atoms with E-state index >= 15 is 0 Å². The van der Waals surface area contributed by atoms with Crippen molar-refractivity contribution in [2.24, 2.45) is 0 Å². The van der Waals surface area contributed by atoms with Crippen LogP contribution >= 0.6 is 24.0 Å². The third-order valence-corrected chi connectivity index (χ3v) is 5.12. The minimum atomic E-state index is -0.208. The molecule has 1 aliphatic heterocycles. The Morgan fingerprint density at radius 2 is 2.04 bits per heavy atom. The number of hydrogen-bond donors (Lipinski definition) is 1. The number of thiocarbonyl (C=S) groups is 1. The summed E-state index contributed by atoms with van der Waals surface area (Å²) in [6, 6.07) is 13.2. The second-order valence-electron chi connectivity index (χ2n) is 5.76. The fourth-order valence-corrected chi connectivity index (χ4v) is 3.67. The molecule has 1 aromatic carbocycles. The van der Waals surface area contributed by atoms with Crippen molar-refractivity contribution < 1.29 is 9.59 Å². The van der Waals surface area contributed by atoms with Gasteiger partial charge in [-0.1, -0.05) is 59.9 Å². The Hall–Kier alpha value is -2.51. The van der Waals surface area contributed by atoms with Crippen LogP contribution in [0.2, 0.25) is 0 Å². The summed E-state index contributed by atoms with van der Waals surface area (Å²) in [5, 5.41) is 2.70. The van der Waals surface area contributed by atoms with E-state index in [1.165, 1.54) is 16.7 Å². The van der Waals surface area contributed by atoms with E-state index in [1.807, 2.05) is 37.3 Å². The predicted octanol–water partition coefficient (Wildman–Crippen LogP) is 3.62. The van der Waals surface area contributed by atoms with Crippen LogP contribution in [-0.4, -0.2) is 32.6 Å². The van der Waals surface area contributed by atoms with Crippen LogP contribution in [0.1, 0.15) is 17.5 Å². The first kappa shape index (κ1) is 18.3. The van der Waals surface area contributed by atoms with Crippen LogP contribution in [0.3, 0.4) is 0 Å². The van der Waals surface area contributed by atoms with Gasteiger partial charge in [-0.3, -0.25) is 14.5 Å². The molecule has 0 unspecified atom stereocenters. The lowest BCUT2D eigenvalue weighted by atomic mass is 10.1. The molecule has 26 heavy (non-hydrogen) atoms. The van der Waals surface area contributed by atoms with Gasteiger partial charge in [-0.25, -0.2) is 4.98 Å². The Bertz CT molecular complexity index is 864. The third kappa shape index (κ3) is 4.56. The van der Waals surface area contributed by atoms with Crippen molar-refractivity contribution in [3.05, 3.63) is 64.7 Å². The average Bonchev–Trinajstić information content (AvgIpc) is 2.89. The smallest absolute Gasteiger partial charge is 0.266 e. The van der Waals surface area contributed by atoms with Crippen molar-refractivity contribution >= 4 is 52.0 Å². The molecule has 1 aromatic heterocycles. The second-order valence-corrected chi connectivity index (χ2v) is 7.43. The lowest BCUT2D eigenvalue weighted by Gasteiger charge is -2.13. The number of aromatic nitrogens is 1. The van der Waals surface area contributed by atoms with Crippen molar-refractivity contribution in [1.29, 1.82) is 0 Å². The van der Waals surface area contributed by atoms with Crippen molar-refractivity contribution in [1.82, 2.24) is 9.88 Å². The number of aryl methyl sites for hydroxylation is 1. The highest BCUT2D eigenvalue weighted by Gasteiger charge is 2.32. The van der Waals surface area contributed by atoms with Gasteiger partial charge in [-0.15, -0.1) is 0 Å². The highest BCUT2D eigenvalue weighted by molar-refractivity contribution is 8.26. The number of benzene rings is 1. The third-order valence-electron chi connectivity index (χ3n) is 3.74. The lowest BCUT2D eigenvalue weighted by molar-refractivity contribution is -0.122. The summed E-state index contributed by atoms with van der Waals surface area (Å²) in [6.07, 6.45) is 3.58. The number of carbonyl (C=O) groups is 2. The molecular weight excluding hydrogens is 366 g/mol. The maximum absolute atomic E-state index is 12.6. The van der Waals surface area contributed by atoms with Crippen LogP contribution in [0.25, 0.3) is 6.08 Å². The number of carbonyl (C=O) groups excluding carboxylic acids is 2. The molecule has 1 saturated heterocycles. The van der Waals surface area contributed by atoms with Gasteiger partial charge in [0.05, 0.1) is 4.91 Å². The molecule has 0 aliphatic carbocycles. The molecule has 3 rings (SSSR count). The van der Waals surface area contributed by atoms with Gasteiger partial charge in [-0.2, -0.15) is 0 Å². The molecule has 0 spiro atoms. The van der Waals surface area contributed by atoms with Gasteiger partial charge in [0, 0.05) is 19.2 Å². The second kappa shape index (κ2) is 8.25. The molecule has 7 heteroatoms. The van der Waals surface area contributed by atoms with Crippen molar-refractivity contribution in [3.8, 4) is 0 Å². The van der Waals surface area contributed by atoms with Crippen LogP contribution in [0.5, 0.6) is 0 Å². The van der Waals surface area contributed by atoms with Gasteiger partial charge in [-0.05, 0) is 30.7 Å². The Labute approximate surface area is 161 Å². The van der Waals surface area contributed by atoms with E-state index in [2.05, 4.69) is 10.3 Å². The van der Waals surface area contributed by atoms with Crippen LogP contribution < -0.4 is 5.32 Å². The van der Waals surface area contributed by atoms with E-state index in [1.54, 1.807) is 24.4 Å². The highest BCUT2D eigenvalue weighted by atomic mass is 32.2. The first-order valence-corrected chi connectivity index (χ1v) is 9.28. The summed E-state index contributed by atoms with van der Waals surface area (Å²) >= 11 is 6.56. The fourth-order valence-electron chi connectivity index (χ4n) is 2.36. The Kier molecular flexibility index (Phi) is 5.80. The maximum atomic E-state index is 12.6. The summed E-state index contributed by atoms with van der Waals surface area (Å²) < 4.78 is 0.471. The van der Waals surface area contributed by atoms with E-state index in [0.717, 1.165) is 11.1 Å². The fraction of sp³-hybridized carbons (Fsp3) is 0.158. The lowest BCUT2D eigenvalue weighted by Crippen LogP contribution is -2.31. The monoisotopic (exact) mass is 383 g/mol. The van der Waals surface area contributed by atoms with Gasteiger partial charge in [0.25, 0.3) is 5.91 Å². The quantitative estimate of drug-likeness (QED) is 0.631. The number of hydrogen-bond acceptors (Lipinski definition) is 5. The van der Waals surface area contributed by atoms with Gasteiger partial charge < -0.3 is 5.32 Å². The van der Waals surface area contributed by atoms with Gasteiger partial charge in [0.15, 0.2) is 0 Å². The summed E-state index contributed by atoms with van der Waals surface area (Å²) in [4.78, 5) is 30.7. The van der Waals surface area contributed by atoms with E-state index in [4.69, 9.17) is 12.2 Å². The molecule has 0 bridgehead atoms. The van der Waals surface area contributed by atoms with Gasteiger partial charge >= 0.3 is 0 Å². The van der Waals surface area contributed by atoms with Crippen LogP contribution in [-0.2, 0) is 9.59 Å². The highest BCUT2D eigenvalue weighted by Crippen LogP contribution is 2.32. The Morgan fingerprint density at radius 3 is 2.73 bits per heavy atom. The molecule has 2 aromatic rings. The topological polar surface area (TPSA) is 62.3 Å². The molecular formula is C19H17N3O2S2. The number of nitrogens with one attached hydrogen (secondary N) is 1. The minimum Gasteiger partial charge on any atom is -0.311 e. The molecule has 5 nitrogen and oxygen atoms in total. The zero-order valence-corrected chi connectivity index (χ0v) is 15.8. The Morgan fingerprint density at radius 1 is 1.27 bits per heavy atom.